The van der Waals surface area contributed by atoms with Crippen LogP contribution in [0.4, 0.5) is 5.82 Å². The third-order valence-electron chi connectivity index (χ3n) is 6.62. The van der Waals surface area contributed by atoms with Crippen molar-refractivity contribution < 1.29 is 0 Å². The van der Waals surface area contributed by atoms with Gasteiger partial charge in [-0.2, -0.15) is 5.26 Å². The van der Waals surface area contributed by atoms with Crippen molar-refractivity contribution in [2.75, 3.05) is 18.0 Å². The van der Waals surface area contributed by atoms with Crippen LogP contribution < -0.4 is 4.90 Å². The first kappa shape index (κ1) is 17.2. The SMILES string of the molecule is CCc1cc(N2CC3CCC(c4ncnc5[nH]ccc45)C[C@H]3C2)ncc1C#N. The van der Waals surface area contributed by atoms with Crippen LogP contribution in [0.15, 0.2) is 30.9 Å². The minimum atomic E-state index is 0.502. The molecular formula is C22H24N6. The average molecular weight is 372 g/mol. The fourth-order valence-electron chi connectivity index (χ4n) is 5.14. The lowest BCUT2D eigenvalue weighted by Gasteiger charge is -2.30. The van der Waals surface area contributed by atoms with Crippen LogP contribution in [0.3, 0.4) is 0 Å². The van der Waals surface area contributed by atoms with Gasteiger partial charge in [0.15, 0.2) is 0 Å². The van der Waals surface area contributed by atoms with Gasteiger partial charge in [-0.05, 0) is 55.2 Å². The second-order valence-electron chi connectivity index (χ2n) is 8.10. The van der Waals surface area contributed by atoms with Crippen LogP contribution in [0.25, 0.3) is 11.0 Å². The molecule has 4 heterocycles. The maximum Gasteiger partial charge on any atom is 0.140 e. The summed E-state index contributed by atoms with van der Waals surface area (Å²) >= 11 is 0. The fraction of sp³-hybridized carbons (Fsp3) is 0.455. The first-order valence-electron chi connectivity index (χ1n) is 10.2. The first-order valence-corrected chi connectivity index (χ1v) is 10.2. The van der Waals surface area contributed by atoms with Crippen molar-refractivity contribution in [1.82, 2.24) is 19.9 Å². The summed E-state index contributed by atoms with van der Waals surface area (Å²) < 4.78 is 0. The van der Waals surface area contributed by atoms with Crippen LogP contribution in [0.1, 0.15) is 48.9 Å². The monoisotopic (exact) mass is 372 g/mol. The summed E-state index contributed by atoms with van der Waals surface area (Å²) in [5.74, 6) is 2.92. The van der Waals surface area contributed by atoms with Gasteiger partial charge in [0.05, 0.1) is 11.3 Å². The quantitative estimate of drug-likeness (QED) is 0.756. The maximum atomic E-state index is 9.26. The highest BCUT2D eigenvalue weighted by Gasteiger charge is 2.39. The van der Waals surface area contributed by atoms with E-state index in [2.05, 4.69) is 50.0 Å². The summed E-state index contributed by atoms with van der Waals surface area (Å²) in [5.41, 5.74) is 3.93. The minimum Gasteiger partial charge on any atom is -0.356 e. The molecule has 6 heteroatoms. The molecule has 3 aromatic rings. The molecule has 1 saturated carbocycles. The Bertz CT molecular complexity index is 1050. The van der Waals surface area contributed by atoms with Crippen molar-refractivity contribution in [2.45, 2.75) is 38.5 Å². The Morgan fingerprint density at radius 2 is 2.11 bits per heavy atom. The lowest BCUT2D eigenvalue weighted by atomic mass is 9.74. The topological polar surface area (TPSA) is 81.5 Å². The van der Waals surface area contributed by atoms with E-state index in [0.29, 0.717) is 17.4 Å². The molecule has 0 radical (unpaired) electrons. The molecule has 0 aromatic carbocycles. The lowest BCUT2D eigenvalue weighted by molar-refractivity contribution is 0.268. The van der Waals surface area contributed by atoms with Crippen LogP contribution in [0.5, 0.6) is 0 Å². The lowest BCUT2D eigenvalue weighted by Crippen LogP contribution is -2.23. The Morgan fingerprint density at radius 3 is 2.96 bits per heavy atom. The van der Waals surface area contributed by atoms with Crippen LogP contribution in [0.2, 0.25) is 0 Å². The van der Waals surface area contributed by atoms with E-state index >= 15 is 0 Å². The third kappa shape index (κ3) is 2.82. The van der Waals surface area contributed by atoms with E-state index in [1.807, 2.05) is 6.20 Å². The highest BCUT2D eigenvalue weighted by atomic mass is 15.2. The molecule has 1 aliphatic heterocycles. The largest absolute Gasteiger partial charge is 0.356 e. The number of nitrogens with zero attached hydrogens (tertiary/aromatic N) is 5. The van der Waals surface area contributed by atoms with Crippen molar-refractivity contribution in [3.05, 3.63) is 47.7 Å². The summed E-state index contributed by atoms with van der Waals surface area (Å²) in [7, 11) is 0. The van der Waals surface area contributed by atoms with Gasteiger partial charge in [0, 0.05) is 36.8 Å². The predicted molar refractivity (Wildman–Crippen MR) is 108 cm³/mol. The van der Waals surface area contributed by atoms with E-state index < -0.39 is 0 Å². The van der Waals surface area contributed by atoms with Gasteiger partial charge in [-0.1, -0.05) is 6.92 Å². The number of aromatic amines is 1. The molecule has 2 unspecified atom stereocenters. The van der Waals surface area contributed by atoms with Gasteiger partial charge in [0.2, 0.25) is 0 Å². The fourth-order valence-corrected chi connectivity index (χ4v) is 5.14. The number of hydrogen-bond donors (Lipinski definition) is 1. The Labute approximate surface area is 164 Å². The molecule has 0 bridgehead atoms. The molecule has 0 amide bonds. The van der Waals surface area contributed by atoms with Gasteiger partial charge in [-0.3, -0.25) is 0 Å². The highest BCUT2D eigenvalue weighted by molar-refractivity contribution is 5.78. The highest BCUT2D eigenvalue weighted by Crippen LogP contribution is 2.44. The number of anilines is 1. The van der Waals surface area contributed by atoms with E-state index in [9.17, 15) is 5.26 Å². The van der Waals surface area contributed by atoms with Crippen LogP contribution in [-0.4, -0.2) is 33.0 Å². The molecule has 142 valence electrons. The molecule has 1 N–H and O–H groups in total. The number of hydrogen-bond acceptors (Lipinski definition) is 5. The number of aryl methyl sites for hydroxylation is 1. The number of rotatable bonds is 3. The van der Waals surface area contributed by atoms with Crippen molar-refractivity contribution in [3.63, 3.8) is 0 Å². The smallest absolute Gasteiger partial charge is 0.140 e. The maximum absolute atomic E-state index is 9.26. The van der Waals surface area contributed by atoms with Gasteiger partial charge >= 0.3 is 0 Å². The number of aromatic nitrogens is 4. The minimum absolute atomic E-state index is 0.502. The number of nitriles is 1. The van der Waals surface area contributed by atoms with E-state index in [1.165, 1.54) is 30.3 Å². The molecular weight excluding hydrogens is 348 g/mol. The van der Waals surface area contributed by atoms with Crippen molar-refractivity contribution in [3.8, 4) is 6.07 Å². The van der Waals surface area contributed by atoms with Crippen molar-refractivity contribution in [1.29, 1.82) is 5.26 Å². The van der Waals surface area contributed by atoms with E-state index in [1.54, 1.807) is 12.5 Å². The molecule has 28 heavy (non-hydrogen) atoms. The summed E-state index contributed by atoms with van der Waals surface area (Å²) in [5, 5.41) is 10.4. The zero-order chi connectivity index (χ0) is 19.1. The Hall–Kier alpha value is -2.94. The number of nitrogens with one attached hydrogen (secondary N) is 1. The molecule has 5 rings (SSSR count). The zero-order valence-electron chi connectivity index (χ0n) is 16.1. The molecule has 2 fully saturated rings. The number of pyridine rings is 1. The molecule has 2 aliphatic rings. The zero-order valence-corrected chi connectivity index (χ0v) is 16.1. The van der Waals surface area contributed by atoms with E-state index in [0.717, 1.165) is 42.5 Å². The van der Waals surface area contributed by atoms with Crippen LogP contribution in [0, 0.1) is 23.2 Å². The Kier molecular flexibility index (Phi) is 4.23. The Balaban J connectivity index is 1.36. The number of H-pyrrole nitrogens is 1. The van der Waals surface area contributed by atoms with Gasteiger partial charge in [-0.25, -0.2) is 15.0 Å². The first-order chi connectivity index (χ1) is 13.8. The van der Waals surface area contributed by atoms with Crippen LogP contribution >= 0.6 is 0 Å². The van der Waals surface area contributed by atoms with Gasteiger partial charge in [0.1, 0.15) is 23.9 Å². The summed E-state index contributed by atoms with van der Waals surface area (Å²) in [4.78, 5) is 19.2. The second kappa shape index (κ2) is 6.90. The summed E-state index contributed by atoms with van der Waals surface area (Å²) in [6.45, 7) is 4.21. The van der Waals surface area contributed by atoms with Crippen molar-refractivity contribution in [2.24, 2.45) is 11.8 Å². The second-order valence-corrected chi connectivity index (χ2v) is 8.10. The summed E-state index contributed by atoms with van der Waals surface area (Å²) in [6, 6.07) is 6.47. The molecule has 3 aromatic heterocycles. The normalized spacial score (nSPS) is 24.3. The standard InChI is InChI=1S/C22H24N6/c1-2-14-8-20(25-10-18(14)9-23)28-11-16-4-3-15(7-17(16)12-28)21-19-5-6-24-22(19)27-13-26-21/h5-6,8,10,13,15-17H,2-4,7,11-12H2,1H3,(H,24,26,27)/t15?,16?,17-/m0/s1. The molecule has 3 atom stereocenters. The van der Waals surface area contributed by atoms with E-state index in [4.69, 9.17) is 0 Å². The summed E-state index contributed by atoms with van der Waals surface area (Å²) in [6.07, 6.45) is 9.84. The van der Waals surface area contributed by atoms with Gasteiger partial charge < -0.3 is 9.88 Å². The van der Waals surface area contributed by atoms with Gasteiger partial charge in [-0.15, -0.1) is 0 Å². The molecule has 6 nitrogen and oxygen atoms in total. The van der Waals surface area contributed by atoms with E-state index in [-0.39, 0.29) is 0 Å². The number of fused-ring (bicyclic) bond motifs is 2. The molecule has 1 aliphatic carbocycles. The Morgan fingerprint density at radius 1 is 1.21 bits per heavy atom. The van der Waals surface area contributed by atoms with Crippen LogP contribution in [-0.2, 0) is 6.42 Å². The van der Waals surface area contributed by atoms with Gasteiger partial charge in [0.25, 0.3) is 0 Å². The molecule has 0 spiro atoms. The molecule has 1 saturated heterocycles. The predicted octanol–water partition coefficient (Wildman–Crippen LogP) is 3.81. The third-order valence-corrected chi connectivity index (χ3v) is 6.62. The average Bonchev–Trinajstić information content (AvgIpc) is 3.39. The van der Waals surface area contributed by atoms with Crippen molar-refractivity contribution >= 4 is 16.9 Å².